The Bertz CT molecular complexity index is 1280. The molecule has 4 rings (SSSR count). The van der Waals surface area contributed by atoms with E-state index in [4.69, 9.17) is 4.74 Å². The zero-order chi connectivity index (χ0) is 25.7. The Labute approximate surface area is 212 Å². The van der Waals surface area contributed by atoms with Gasteiger partial charge in [-0.3, -0.25) is 9.59 Å². The summed E-state index contributed by atoms with van der Waals surface area (Å²) < 4.78 is 34.9. The van der Waals surface area contributed by atoms with Crippen LogP contribution in [0.3, 0.4) is 0 Å². The summed E-state index contributed by atoms with van der Waals surface area (Å²) >= 11 is 0. The molecule has 1 saturated heterocycles. The quantitative estimate of drug-likeness (QED) is 0.468. The predicted molar refractivity (Wildman–Crippen MR) is 136 cm³/mol. The van der Waals surface area contributed by atoms with Gasteiger partial charge in [0, 0.05) is 12.5 Å². The van der Waals surface area contributed by atoms with Crippen molar-refractivity contribution in [2.45, 2.75) is 36.2 Å². The number of amides is 1. The Morgan fingerprint density at radius 2 is 1.39 bits per heavy atom. The maximum Gasteiger partial charge on any atom is 0.311 e. The number of ether oxygens (including phenoxy) is 1. The minimum atomic E-state index is -4.21. The van der Waals surface area contributed by atoms with Gasteiger partial charge in [-0.25, -0.2) is 8.42 Å². The summed E-state index contributed by atoms with van der Waals surface area (Å²) in [5.41, 5.74) is 1.30. The van der Waals surface area contributed by atoms with Crippen LogP contribution in [-0.4, -0.2) is 44.3 Å². The maximum absolute atomic E-state index is 14.2. The SMILES string of the molecule is CCCNC(=O)C1C(c2ccccc2)C(C(=O)OC)C(c2ccccc2)N1S(=O)(=O)c1ccccc1. The van der Waals surface area contributed by atoms with Gasteiger partial charge in [0.1, 0.15) is 6.04 Å². The van der Waals surface area contributed by atoms with Crippen LogP contribution in [0.4, 0.5) is 0 Å². The average molecular weight is 507 g/mol. The normalized spacial score (nSPS) is 22.2. The van der Waals surface area contributed by atoms with Gasteiger partial charge in [-0.05, 0) is 29.7 Å². The fourth-order valence-electron chi connectivity index (χ4n) is 5.01. The molecule has 0 aliphatic carbocycles. The summed E-state index contributed by atoms with van der Waals surface area (Å²) in [5, 5.41) is 2.88. The van der Waals surface area contributed by atoms with E-state index >= 15 is 0 Å². The molecule has 1 heterocycles. The van der Waals surface area contributed by atoms with E-state index in [2.05, 4.69) is 5.32 Å². The first-order chi connectivity index (χ1) is 17.4. The molecular weight excluding hydrogens is 476 g/mol. The van der Waals surface area contributed by atoms with Crippen LogP contribution in [0.15, 0.2) is 95.9 Å². The second-order valence-electron chi connectivity index (χ2n) is 8.72. The molecule has 8 heteroatoms. The third-order valence-corrected chi connectivity index (χ3v) is 8.43. The van der Waals surface area contributed by atoms with Crippen molar-refractivity contribution in [2.75, 3.05) is 13.7 Å². The first kappa shape index (κ1) is 25.6. The van der Waals surface area contributed by atoms with Gasteiger partial charge >= 0.3 is 5.97 Å². The first-order valence-electron chi connectivity index (χ1n) is 12.0. The molecule has 1 N–H and O–H groups in total. The maximum atomic E-state index is 14.2. The number of sulfonamides is 1. The fourth-order valence-corrected chi connectivity index (χ4v) is 6.83. The number of hydrogen-bond donors (Lipinski definition) is 1. The van der Waals surface area contributed by atoms with Gasteiger partial charge < -0.3 is 10.1 Å². The topological polar surface area (TPSA) is 92.8 Å². The van der Waals surface area contributed by atoms with E-state index in [-0.39, 0.29) is 4.90 Å². The third kappa shape index (κ3) is 4.79. The second-order valence-corrected chi connectivity index (χ2v) is 10.6. The molecule has 7 nitrogen and oxygen atoms in total. The van der Waals surface area contributed by atoms with E-state index in [0.717, 1.165) is 0 Å². The lowest BCUT2D eigenvalue weighted by molar-refractivity contribution is -0.146. The highest BCUT2D eigenvalue weighted by Gasteiger charge is 2.60. The Morgan fingerprint density at radius 1 is 0.861 bits per heavy atom. The molecule has 1 fully saturated rings. The van der Waals surface area contributed by atoms with Crippen molar-refractivity contribution in [2.24, 2.45) is 5.92 Å². The number of benzene rings is 3. The lowest BCUT2D eigenvalue weighted by atomic mass is 9.80. The zero-order valence-electron chi connectivity index (χ0n) is 20.3. The van der Waals surface area contributed by atoms with Crippen LogP contribution in [0.2, 0.25) is 0 Å². The van der Waals surface area contributed by atoms with Gasteiger partial charge in [-0.1, -0.05) is 85.8 Å². The number of carbonyl (C=O) groups is 2. The molecule has 0 spiro atoms. The van der Waals surface area contributed by atoms with Gasteiger partial charge in [-0.2, -0.15) is 4.31 Å². The van der Waals surface area contributed by atoms with Crippen LogP contribution < -0.4 is 5.32 Å². The Morgan fingerprint density at radius 3 is 1.92 bits per heavy atom. The van der Waals surface area contributed by atoms with Crippen LogP contribution >= 0.6 is 0 Å². The lowest BCUT2D eigenvalue weighted by Crippen LogP contribution is -2.48. The van der Waals surface area contributed by atoms with Crippen LogP contribution in [0, 0.1) is 5.92 Å². The molecule has 36 heavy (non-hydrogen) atoms. The van der Waals surface area contributed by atoms with Crippen molar-refractivity contribution in [3.8, 4) is 0 Å². The van der Waals surface area contributed by atoms with Gasteiger partial charge in [0.2, 0.25) is 15.9 Å². The average Bonchev–Trinajstić information content (AvgIpc) is 3.30. The Kier molecular flexibility index (Phi) is 7.86. The molecule has 188 valence electrons. The summed E-state index contributed by atoms with van der Waals surface area (Å²) in [6.45, 7) is 2.31. The summed E-state index contributed by atoms with van der Waals surface area (Å²) in [5.74, 6) is -2.73. The molecule has 3 aromatic rings. The van der Waals surface area contributed by atoms with Crippen molar-refractivity contribution in [3.63, 3.8) is 0 Å². The number of carbonyl (C=O) groups excluding carboxylic acids is 2. The second kappa shape index (κ2) is 11.1. The molecule has 4 unspecified atom stereocenters. The minimum absolute atomic E-state index is 0.0524. The van der Waals surface area contributed by atoms with Gasteiger partial charge in [0.25, 0.3) is 0 Å². The molecule has 0 radical (unpaired) electrons. The number of methoxy groups -OCH3 is 1. The van der Waals surface area contributed by atoms with Crippen LogP contribution in [0.25, 0.3) is 0 Å². The highest BCUT2D eigenvalue weighted by atomic mass is 32.2. The molecule has 0 saturated carbocycles. The third-order valence-electron chi connectivity index (χ3n) is 6.55. The summed E-state index contributed by atoms with van der Waals surface area (Å²) in [4.78, 5) is 27.2. The standard InChI is InChI=1S/C28H30N2O5S/c1-3-19-29-27(31)26-23(20-13-7-4-8-14-20)24(28(32)35-2)25(21-15-9-5-10-16-21)30(26)36(33,34)22-17-11-6-12-18-22/h4-18,23-26H,3,19H2,1-2H3,(H,29,31). The van der Waals surface area contributed by atoms with Crippen molar-refractivity contribution in [3.05, 3.63) is 102 Å². The monoisotopic (exact) mass is 506 g/mol. The molecule has 1 aliphatic rings. The molecule has 3 aromatic carbocycles. The number of nitrogens with one attached hydrogen (secondary N) is 1. The van der Waals surface area contributed by atoms with Crippen molar-refractivity contribution < 1.29 is 22.7 Å². The Balaban J connectivity index is 2.02. The minimum Gasteiger partial charge on any atom is -0.469 e. The predicted octanol–water partition coefficient (Wildman–Crippen LogP) is 3.90. The van der Waals surface area contributed by atoms with E-state index in [9.17, 15) is 18.0 Å². The van der Waals surface area contributed by atoms with Crippen molar-refractivity contribution in [1.29, 1.82) is 0 Å². The first-order valence-corrected chi connectivity index (χ1v) is 13.4. The molecule has 4 atom stereocenters. The van der Waals surface area contributed by atoms with Gasteiger partial charge in [0.05, 0.1) is 24.0 Å². The number of nitrogens with zero attached hydrogens (tertiary/aromatic N) is 1. The van der Waals surface area contributed by atoms with E-state index in [1.54, 1.807) is 42.5 Å². The van der Waals surface area contributed by atoms with E-state index in [0.29, 0.717) is 24.1 Å². The zero-order valence-corrected chi connectivity index (χ0v) is 21.1. The van der Waals surface area contributed by atoms with Crippen LogP contribution in [0.5, 0.6) is 0 Å². The molecule has 0 aromatic heterocycles. The van der Waals surface area contributed by atoms with Crippen molar-refractivity contribution >= 4 is 21.9 Å². The molecular formula is C28H30N2O5S. The van der Waals surface area contributed by atoms with Crippen LogP contribution in [-0.2, 0) is 24.3 Å². The van der Waals surface area contributed by atoms with Gasteiger partial charge in [-0.15, -0.1) is 0 Å². The van der Waals surface area contributed by atoms with E-state index in [1.807, 2.05) is 43.3 Å². The van der Waals surface area contributed by atoms with E-state index in [1.165, 1.54) is 23.5 Å². The summed E-state index contributed by atoms with van der Waals surface area (Å²) in [6, 6.07) is 24.0. The van der Waals surface area contributed by atoms with Gasteiger partial charge in [0.15, 0.2) is 0 Å². The highest BCUT2D eigenvalue weighted by Crippen LogP contribution is 2.52. The number of esters is 1. The smallest absolute Gasteiger partial charge is 0.311 e. The number of hydrogen-bond acceptors (Lipinski definition) is 5. The van der Waals surface area contributed by atoms with Crippen molar-refractivity contribution in [1.82, 2.24) is 9.62 Å². The molecule has 1 amide bonds. The summed E-state index contributed by atoms with van der Waals surface area (Å²) in [6.07, 6.45) is 0.683. The highest BCUT2D eigenvalue weighted by molar-refractivity contribution is 7.89. The largest absolute Gasteiger partial charge is 0.469 e. The summed E-state index contributed by atoms with van der Waals surface area (Å²) in [7, 11) is -2.92. The molecule has 1 aliphatic heterocycles. The van der Waals surface area contributed by atoms with E-state index < -0.39 is 45.8 Å². The van der Waals surface area contributed by atoms with Crippen LogP contribution in [0.1, 0.15) is 36.4 Å². The number of rotatable bonds is 8. The lowest BCUT2D eigenvalue weighted by Gasteiger charge is -2.30. The molecule has 0 bridgehead atoms. The fraction of sp³-hybridized carbons (Fsp3) is 0.286. The Hall–Kier alpha value is -3.49.